The maximum Gasteiger partial charge on any atom is 0.243 e. The number of pyridine rings is 1. The zero-order chi connectivity index (χ0) is 21.1. The van der Waals surface area contributed by atoms with Crippen molar-refractivity contribution in [2.45, 2.75) is 43.5 Å². The van der Waals surface area contributed by atoms with Crippen LogP contribution in [0.2, 0.25) is 0 Å². The molecule has 0 spiro atoms. The molecule has 4 rings (SSSR count). The summed E-state index contributed by atoms with van der Waals surface area (Å²) in [5.41, 5.74) is 2.42. The molecule has 1 saturated heterocycles. The van der Waals surface area contributed by atoms with Gasteiger partial charge in [-0.3, -0.25) is 4.98 Å². The van der Waals surface area contributed by atoms with Crippen LogP contribution < -0.4 is 0 Å². The minimum absolute atomic E-state index is 0.0871. The molecule has 0 saturated carbocycles. The number of nitrogens with zero attached hydrogens (tertiary/aromatic N) is 4. The van der Waals surface area contributed by atoms with E-state index in [4.69, 9.17) is 4.98 Å². The van der Waals surface area contributed by atoms with E-state index in [-0.39, 0.29) is 4.90 Å². The van der Waals surface area contributed by atoms with E-state index in [0.717, 1.165) is 30.4 Å². The number of hydrogen-bond donors (Lipinski definition) is 0. The summed E-state index contributed by atoms with van der Waals surface area (Å²) in [6.45, 7) is 2.45. The van der Waals surface area contributed by atoms with Crippen LogP contribution in [0.1, 0.15) is 43.7 Å². The topological polar surface area (TPSA) is 76.1 Å². The lowest BCUT2D eigenvalue weighted by molar-refractivity contribution is 0.390. The van der Waals surface area contributed by atoms with Crippen LogP contribution >= 0.6 is 0 Å². The van der Waals surface area contributed by atoms with Crippen LogP contribution in [0.15, 0.2) is 59.9 Å². The lowest BCUT2D eigenvalue weighted by Crippen LogP contribution is -2.31. The molecule has 30 heavy (non-hydrogen) atoms. The standard InChI is InChI=1S/C22H23FN4O2S/c1-2-4-21-25-15-19(16-10-12-24-13-11-16)22(26-21)20-5-3-14-27(20)30(28,29)18-8-6-17(23)7-9-18/h6-13,15,20H,2-5,14H2,1H3. The smallest absolute Gasteiger partial charge is 0.243 e. The summed E-state index contributed by atoms with van der Waals surface area (Å²) in [6, 6.07) is 8.31. The van der Waals surface area contributed by atoms with E-state index in [1.54, 1.807) is 18.6 Å². The number of benzene rings is 1. The quantitative estimate of drug-likeness (QED) is 0.592. The van der Waals surface area contributed by atoms with Gasteiger partial charge in [-0.15, -0.1) is 0 Å². The third kappa shape index (κ3) is 3.97. The molecule has 8 heteroatoms. The molecule has 6 nitrogen and oxygen atoms in total. The van der Waals surface area contributed by atoms with Crippen molar-refractivity contribution in [3.63, 3.8) is 0 Å². The number of hydrogen-bond acceptors (Lipinski definition) is 5. The highest BCUT2D eigenvalue weighted by Gasteiger charge is 2.38. The molecule has 0 aliphatic carbocycles. The second-order valence-electron chi connectivity index (χ2n) is 7.30. The van der Waals surface area contributed by atoms with Crippen LogP contribution in [-0.2, 0) is 16.4 Å². The van der Waals surface area contributed by atoms with Crippen LogP contribution in [0.25, 0.3) is 11.1 Å². The molecule has 2 aromatic heterocycles. The van der Waals surface area contributed by atoms with Crippen LogP contribution in [0.3, 0.4) is 0 Å². The average Bonchev–Trinajstić information content (AvgIpc) is 3.26. The van der Waals surface area contributed by atoms with Crippen LogP contribution in [0.4, 0.5) is 4.39 Å². The molecule has 0 amide bonds. The van der Waals surface area contributed by atoms with E-state index in [2.05, 4.69) is 16.9 Å². The lowest BCUT2D eigenvalue weighted by Gasteiger charge is -2.25. The molecule has 3 heterocycles. The zero-order valence-electron chi connectivity index (χ0n) is 16.7. The number of aromatic nitrogens is 3. The molecule has 3 aromatic rings. The summed E-state index contributed by atoms with van der Waals surface area (Å²) < 4.78 is 41.5. The van der Waals surface area contributed by atoms with Crippen molar-refractivity contribution < 1.29 is 12.8 Å². The second kappa shape index (κ2) is 8.57. The molecular weight excluding hydrogens is 403 g/mol. The zero-order valence-corrected chi connectivity index (χ0v) is 17.5. The fraction of sp³-hybridized carbons (Fsp3) is 0.318. The number of aryl methyl sites for hydroxylation is 1. The molecule has 1 atom stereocenters. The fourth-order valence-electron chi connectivity index (χ4n) is 3.83. The summed E-state index contributed by atoms with van der Waals surface area (Å²) in [5, 5.41) is 0. The molecule has 156 valence electrons. The molecule has 1 aromatic carbocycles. The Kier molecular flexibility index (Phi) is 5.87. The minimum Gasteiger partial charge on any atom is -0.265 e. The van der Waals surface area contributed by atoms with E-state index in [0.29, 0.717) is 24.5 Å². The van der Waals surface area contributed by atoms with Gasteiger partial charge < -0.3 is 0 Å². The van der Waals surface area contributed by atoms with Crippen molar-refractivity contribution in [2.75, 3.05) is 6.54 Å². The Morgan fingerprint density at radius 1 is 1.13 bits per heavy atom. The van der Waals surface area contributed by atoms with E-state index in [9.17, 15) is 12.8 Å². The van der Waals surface area contributed by atoms with Crippen LogP contribution in [0.5, 0.6) is 0 Å². The maximum atomic E-state index is 13.3. The summed E-state index contributed by atoms with van der Waals surface area (Å²) in [4.78, 5) is 13.4. The van der Waals surface area contributed by atoms with Crippen molar-refractivity contribution in [2.24, 2.45) is 0 Å². The Morgan fingerprint density at radius 3 is 2.57 bits per heavy atom. The lowest BCUT2D eigenvalue weighted by atomic mass is 10.0. The van der Waals surface area contributed by atoms with E-state index < -0.39 is 21.9 Å². The highest BCUT2D eigenvalue weighted by molar-refractivity contribution is 7.89. The number of halogens is 1. The largest absolute Gasteiger partial charge is 0.265 e. The van der Waals surface area contributed by atoms with Crippen molar-refractivity contribution in [1.82, 2.24) is 19.3 Å². The first kappa shape index (κ1) is 20.6. The maximum absolute atomic E-state index is 13.3. The summed E-state index contributed by atoms with van der Waals surface area (Å²) in [7, 11) is -3.78. The fourth-order valence-corrected chi connectivity index (χ4v) is 5.49. The SMILES string of the molecule is CCCc1ncc(-c2ccncc2)c(C2CCCN2S(=O)(=O)c2ccc(F)cc2)n1. The predicted octanol–water partition coefficient (Wildman–Crippen LogP) is 4.16. The van der Waals surface area contributed by atoms with E-state index >= 15 is 0 Å². The van der Waals surface area contributed by atoms with Crippen LogP contribution in [-0.4, -0.2) is 34.2 Å². The highest BCUT2D eigenvalue weighted by atomic mass is 32.2. The minimum atomic E-state index is -3.78. The number of sulfonamides is 1. The summed E-state index contributed by atoms with van der Waals surface area (Å²) in [5.74, 6) is 0.239. The van der Waals surface area contributed by atoms with Gasteiger partial charge in [0.2, 0.25) is 10.0 Å². The molecule has 0 N–H and O–H groups in total. The monoisotopic (exact) mass is 426 g/mol. The van der Waals surface area contributed by atoms with Gasteiger partial charge in [-0.2, -0.15) is 4.31 Å². The molecule has 1 aliphatic rings. The molecule has 1 aliphatic heterocycles. The number of rotatable bonds is 6. The summed E-state index contributed by atoms with van der Waals surface area (Å²) >= 11 is 0. The first-order valence-electron chi connectivity index (χ1n) is 10.0. The van der Waals surface area contributed by atoms with Gasteiger partial charge in [0.25, 0.3) is 0 Å². The molecule has 1 unspecified atom stereocenters. The van der Waals surface area contributed by atoms with Crippen molar-refractivity contribution in [3.05, 3.63) is 72.3 Å². The Labute approximate surface area is 175 Å². The van der Waals surface area contributed by atoms with Gasteiger partial charge in [-0.1, -0.05) is 6.92 Å². The van der Waals surface area contributed by atoms with E-state index in [1.165, 1.54) is 28.6 Å². The Bertz CT molecular complexity index is 1120. The van der Waals surface area contributed by atoms with Gasteiger partial charge in [-0.25, -0.2) is 22.8 Å². The van der Waals surface area contributed by atoms with Gasteiger partial charge in [0.1, 0.15) is 11.6 Å². The normalized spacial score (nSPS) is 17.3. The van der Waals surface area contributed by atoms with Crippen molar-refractivity contribution in [3.8, 4) is 11.1 Å². The molecule has 0 bridgehead atoms. The van der Waals surface area contributed by atoms with Gasteiger partial charge in [0, 0.05) is 37.1 Å². The van der Waals surface area contributed by atoms with Crippen molar-refractivity contribution >= 4 is 10.0 Å². The first-order chi connectivity index (χ1) is 14.5. The third-order valence-electron chi connectivity index (χ3n) is 5.27. The predicted molar refractivity (Wildman–Crippen MR) is 112 cm³/mol. The van der Waals surface area contributed by atoms with Crippen molar-refractivity contribution in [1.29, 1.82) is 0 Å². The highest BCUT2D eigenvalue weighted by Crippen LogP contribution is 2.39. The van der Waals surface area contributed by atoms with Gasteiger partial charge in [0.05, 0.1) is 16.6 Å². The molecule has 0 radical (unpaired) electrons. The Morgan fingerprint density at radius 2 is 1.87 bits per heavy atom. The van der Waals surface area contributed by atoms with Gasteiger partial charge in [-0.05, 0) is 61.2 Å². The average molecular weight is 427 g/mol. The van der Waals surface area contributed by atoms with Crippen LogP contribution in [0, 0.1) is 5.82 Å². The first-order valence-corrected chi connectivity index (χ1v) is 11.5. The summed E-state index contributed by atoms with van der Waals surface area (Å²) in [6.07, 6.45) is 8.19. The van der Waals surface area contributed by atoms with Gasteiger partial charge >= 0.3 is 0 Å². The molecule has 1 fully saturated rings. The van der Waals surface area contributed by atoms with E-state index in [1.807, 2.05) is 12.1 Å². The van der Waals surface area contributed by atoms with Gasteiger partial charge in [0.15, 0.2) is 0 Å². The third-order valence-corrected chi connectivity index (χ3v) is 7.20. The Hall–Kier alpha value is -2.71. The second-order valence-corrected chi connectivity index (χ2v) is 9.19. The Balaban J connectivity index is 1.80. The molecular formula is C22H23FN4O2S.